The number of rotatable bonds is 9. The van der Waals surface area contributed by atoms with Gasteiger partial charge < -0.3 is 19.5 Å². The smallest absolute Gasteiger partial charge is 0.121 e. The molecule has 0 aliphatic rings. The van der Waals surface area contributed by atoms with Crippen molar-refractivity contribution in [1.82, 2.24) is 0 Å². The lowest BCUT2D eigenvalue weighted by Gasteiger charge is -2.10. The van der Waals surface area contributed by atoms with E-state index in [2.05, 4.69) is 17.4 Å². The predicted octanol–water partition coefficient (Wildman–Crippen LogP) is 3.72. The van der Waals surface area contributed by atoms with Gasteiger partial charge in [0.2, 0.25) is 0 Å². The molecule has 0 aliphatic carbocycles. The zero-order chi connectivity index (χ0) is 15.6. The van der Waals surface area contributed by atoms with Gasteiger partial charge in [0.1, 0.15) is 18.1 Å². The summed E-state index contributed by atoms with van der Waals surface area (Å²) in [4.78, 5) is 0. The molecule has 22 heavy (non-hydrogen) atoms. The second-order valence-corrected chi connectivity index (χ2v) is 4.80. The van der Waals surface area contributed by atoms with Crippen molar-refractivity contribution in [1.29, 1.82) is 0 Å². The molecule has 0 radical (unpaired) electrons. The summed E-state index contributed by atoms with van der Waals surface area (Å²) in [6, 6.07) is 16.0. The van der Waals surface area contributed by atoms with Gasteiger partial charge in [-0.25, -0.2) is 0 Å². The number of benzene rings is 2. The molecule has 0 bridgehead atoms. The third-order valence-corrected chi connectivity index (χ3v) is 3.12. The minimum atomic E-state index is 0.554. The average Bonchev–Trinajstić information content (AvgIpc) is 2.55. The zero-order valence-electron chi connectivity index (χ0n) is 13.2. The Bertz CT molecular complexity index is 555. The van der Waals surface area contributed by atoms with Crippen molar-refractivity contribution >= 4 is 5.69 Å². The first-order valence-electron chi connectivity index (χ1n) is 7.49. The van der Waals surface area contributed by atoms with Gasteiger partial charge in [0.05, 0.1) is 13.2 Å². The minimum absolute atomic E-state index is 0.554. The lowest BCUT2D eigenvalue weighted by Crippen LogP contribution is -2.05. The van der Waals surface area contributed by atoms with Gasteiger partial charge >= 0.3 is 0 Å². The molecule has 0 aromatic heterocycles. The first-order valence-corrected chi connectivity index (χ1v) is 7.49. The molecule has 0 aliphatic heterocycles. The molecule has 118 valence electrons. The Morgan fingerprint density at radius 2 is 1.73 bits per heavy atom. The van der Waals surface area contributed by atoms with Crippen LogP contribution in [-0.4, -0.2) is 26.9 Å². The van der Waals surface area contributed by atoms with Crippen LogP contribution in [0.2, 0.25) is 0 Å². The van der Waals surface area contributed by atoms with Gasteiger partial charge in [0.15, 0.2) is 0 Å². The molecule has 0 saturated heterocycles. The van der Waals surface area contributed by atoms with Gasteiger partial charge in [-0.2, -0.15) is 0 Å². The molecule has 0 atom stereocenters. The van der Waals surface area contributed by atoms with E-state index in [1.54, 1.807) is 7.11 Å². The van der Waals surface area contributed by atoms with Crippen LogP contribution in [0.15, 0.2) is 48.5 Å². The highest BCUT2D eigenvalue weighted by molar-refractivity contribution is 5.48. The maximum absolute atomic E-state index is 5.60. The highest BCUT2D eigenvalue weighted by Crippen LogP contribution is 2.19. The Labute approximate surface area is 132 Å². The second-order valence-electron chi connectivity index (χ2n) is 4.80. The van der Waals surface area contributed by atoms with E-state index >= 15 is 0 Å². The lowest BCUT2D eigenvalue weighted by molar-refractivity contribution is 0.146. The molecule has 4 heteroatoms. The fraction of sp³-hybridized carbons (Fsp3) is 0.333. The molecule has 0 spiro atoms. The van der Waals surface area contributed by atoms with E-state index in [-0.39, 0.29) is 0 Å². The maximum Gasteiger partial charge on any atom is 0.121 e. The number of hydrogen-bond acceptors (Lipinski definition) is 4. The topological polar surface area (TPSA) is 39.7 Å². The van der Waals surface area contributed by atoms with Crippen LogP contribution in [0.1, 0.15) is 12.5 Å². The lowest BCUT2D eigenvalue weighted by atomic mass is 10.2. The Morgan fingerprint density at radius 1 is 0.909 bits per heavy atom. The Kier molecular flexibility index (Phi) is 6.58. The van der Waals surface area contributed by atoms with Crippen molar-refractivity contribution in [2.45, 2.75) is 13.5 Å². The summed E-state index contributed by atoms with van der Waals surface area (Å²) >= 11 is 0. The molecule has 0 saturated carbocycles. The summed E-state index contributed by atoms with van der Waals surface area (Å²) in [5, 5.41) is 3.39. The molecule has 2 rings (SSSR count). The molecule has 1 N–H and O–H groups in total. The second kappa shape index (κ2) is 8.95. The summed E-state index contributed by atoms with van der Waals surface area (Å²) in [5.41, 5.74) is 2.23. The quantitative estimate of drug-likeness (QED) is 0.717. The van der Waals surface area contributed by atoms with E-state index < -0.39 is 0 Å². The fourth-order valence-corrected chi connectivity index (χ4v) is 2.01. The standard InChI is InChI=1S/C18H23NO3/c1-3-21-17-9-7-15(8-10-17)14-19-16-5-4-6-18(13-16)22-12-11-20-2/h4-10,13,19H,3,11-12,14H2,1-2H3. The molecule has 2 aromatic carbocycles. The van der Waals surface area contributed by atoms with Crippen molar-refractivity contribution in [2.24, 2.45) is 0 Å². The van der Waals surface area contributed by atoms with Crippen LogP contribution in [0.3, 0.4) is 0 Å². The van der Waals surface area contributed by atoms with Crippen LogP contribution >= 0.6 is 0 Å². The van der Waals surface area contributed by atoms with E-state index in [1.807, 2.05) is 43.3 Å². The molecule has 4 nitrogen and oxygen atoms in total. The highest BCUT2D eigenvalue weighted by atomic mass is 16.5. The van der Waals surface area contributed by atoms with Crippen LogP contribution in [-0.2, 0) is 11.3 Å². The molecule has 0 heterocycles. The number of hydrogen-bond donors (Lipinski definition) is 1. The van der Waals surface area contributed by atoms with E-state index in [0.29, 0.717) is 19.8 Å². The van der Waals surface area contributed by atoms with Gasteiger partial charge in [-0.05, 0) is 36.8 Å². The SMILES string of the molecule is CCOc1ccc(CNc2cccc(OCCOC)c2)cc1. The minimum Gasteiger partial charge on any atom is -0.494 e. The van der Waals surface area contributed by atoms with Crippen molar-refractivity contribution < 1.29 is 14.2 Å². The van der Waals surface area contributed by atoms with Crippen molar-refractivity contribution in [3.8, 4) is 11.5 Å². The summed E-state index contributed by atoms with van der Waals surface area (Å²) in [7, 11) is 1.66. The predicted molar refractivity (Wildman–Crippen MR) is 88.8 cm³/mol. The molecule has 0 unspecified atom stereocenters. The molecule has 2 aromatic rings. The van der Waals surface area contributed by atoms with Crippen LogP contribution < -0.4 is 14.8 Å². The molecule has 0 amide bonds. The summed E-state index contributed by atoms with van der Waals surface area (Å²) < 4.78 is 16.0. The van der Waals surface area contributed by atoms with Crippen molar-refractivity contribution in [2.75, 3.05) is 32.2 Å². The Balaban J connectivity index is 1.86. The van der Waals surface area contributed by atoms with E-state index in [1.165, 1.54) is 5.56 Å². The Morgan fingerprint density at radius 3 is 2.45 bits per heavy atom. The monoisotopic (exact) mass is 301 g/mol. The van der Waals surface area contributed by atoms with Crippen LogP contribution in [0.5, 0.6) is 11.5 Å². The van der Waals surface area contributed by atoms with Crippen LogP contribution in [0.25, 0.3) is 0 Å². The summed E-state index contributed by atoms with van der Waals surface area (Å²) in [6.07, 6.45) is 0. The van der Waals surface area contributed by atoms with E-state index in [9.17, 15) is 0 Å². The van der Waals surface area contributed by atoms with E-state index in [0.717, 1.165) is 23.7 Å². The third kappa shape index (κ3) is 5.30. The number of nitrogens with one attached hydrogen (secondary N) is 1. The van der Waals surface area contributed by atoms with Gasteiger partial charge in [-0.1, -0.05) is 18.2 Å². The number of anilines is 1. The third-order valence-electron chi connectivity index (χ3n) is 3.12. The Hall–Kier alpha value is -2.20. The van der Waals surface area contributed by atoms with Gasteiger partial charge in [-0.3, -0.25) is 0 Å². The van der Waals surface area contributed by atoms with E-state index in [4.69, 9.17) is 14.2 Å². The van der Waals surface area contributed by atoms with Gasteiger partial charge in [-0.15, -0.1) is 0 Å². The zero-order valence-corrected chi connectivity index (χ0v) is 13.2. The first kappa shape index (κ1) is 16.2. The fourth-order valence-electron chi connectivity index (χ4n) is 2.01. The maximum atomic E-state index is 5.60. The van der Waals surface area contributed by atoms with Crippen molar-refractivity contribution in [3.63, 3.8) is 0 Å². The number of ether oxygens (including phenoxy) is 3. The van der Waals surface area contributed by atoms with Gasteiger partial charge in [0, 0.05) is 25.4 Å². The van der Waals surface area contributed by atoms with Crippen LogP contribution in [0, 0.1) is 0 Å². The average molecular weight is 301 g/mol. The normalized spacial score (nSPS) is 10.3. The number of methoxy groups -OCH3 is 1. The molecular formula is C18H23NO3. The summed E-state index contributed by atoms with van der Waals surface area (Å²) in [5.74, 6) is 1.74. The molecule has 0 fully saturated rings. The van der Waals surface area contributed by atoms with Gasteiger partial charge in [0.25, 0.3) is 0 Å². The molecular weight excluding hydrogens is 278 g/mol. The highest BCUT2D eigenvalue weighted by Gasteiger charge is 1.99. The van der Waals surface area contributed by atoms with Crippen LogP contribution in [0.4, 0.5) is 5.69 Å². The summed E-state index contributed by atoms with van der Waals surface area (Å²) in [6.45, 7) is 4.57. The first-order chi connectivity index (χ1) is 10.8. The van der Waals surface area contributed by atoms with Crippen molar-refractivity contribution in [3.05, 3.63) is 54.1 Å². The largest absolute Gasteiger partial charge is 0.494 e.